The molecule has 0 saturated carbocycles. The van der Waals surface area contributed by atoms with Crippen molar-refractivity contribution in [1.82, 2.24) is 4.90 Å². The summed E-state index contributed by atoms with van der Waals surface area (Å²) >= 11 is 0. The summed E-state index contributed by atoms with van der Waals surface area (Å²) in [6.45, 7) is 0.922. The summed E-state index contributed by atoms with van der Waals surface area (Å²) in [6, 6.07) is 5.94. The summed E-state index contributed by atoms with van der Waals surface area (Å²) in [5, 5.41) is 0. The maximum Gasteiger partial charge on any atom is 0.256 e. The van der Waals surface area contributed by atoms with Gasteiger partial charge >= 0.3 is 0 Å². The quantitative estimate of drug-likeness (QED) is 0.746. The van der Waals surface area contributed by atoms with Crippen LogP contribution in [0.15, 0.2) is 24.3 Å². The van der Waals surface area contributed by atoms with Crippen molar-refractivity contribution in [3.8, 4) is 0 Å². The number of benzene rings is 1. The molecule has 4 heteroatoms. The predicted molar refractivity (Wildman–Crippen MR) is 61.2 cm³/mol. The van der Waals surface area contributed by atoms with Gasteiger partial charge in [0.2, 0.25) is 0 Å². The second-order valence-electron chi connectivity index (χ2n) is 4.16. The van der Waals surface area contributed by atoms with E-state index in [1.807, 2.05) is 0 Å². The van der Waals surface area contributed by atoms with Crippen molar-refractivity contribution in [1.29, 1.82) is 0 Å². The van der Waals surface area contributed by atoms with Crippen LogP contribution in [0.4, 0.5) is 4.39 Å². The molecule has 17 heavy (non-hydrogen) atoms. The van der Waals surface area contributed by atoms with E-state index in [0.717, 1.165) is 0 Å². The number of rotatable bonds is 1. The Morgan fingerprint density at radius 3 is 2.71 bits per heavy atom. The number of hydrogen-bond donors (Lipinski definition) is 0. The highest BCUT2D eigenvalue weighted by Crippen LogP contribution is 2.14. The average molecular weight is 235 g/mol. The van der Waals surface area contributed by atoms with Crippen LogP contribution in [0.3, 0.4) is 0 Å². The predicted octanol–water partition coefficient (Wildman–Crippen LogP) is 2.02. The molecule has 1 aromatic rings. The van der Waals surface area contributed by atoms with Gasteiger partial charge in [-0.2, -0.15) is 0 Å². The Morgan fingerprint density at radius 1 is 1.18 bits per heavy atom. The standard InChI is InChI=1S/C13H14FNO2/c14-12-6-2-1-5-11(12)13(17)15-8-3-4-10(16)7-9-15/h1-2,5-6H,3-4,7-9H2. The summed E-state index contributed by atoms with van der Waals surface area (Å²) in [5.74, 6) is -0.653. The molecule has 1 heterocycles. The first-order chi connectivity index (χ1) is 8.18. The Kier molecular flexibility index (Phi) is 3.52. The van der Waals surface area contributed by atoms with Crippen molar-refractivity contribution in [2.45, 2.75) is 19.3 Å². The van der Waals surface area contributed by atoms with Gasteiger partial charge in [-0.15, -0.1) is 0 Å². The van der Waals surface area contributed by atoms with Crippen molar-refractivity contribution in [2.75, 3.05) is 13.1 Å². The number of Topliss-reactive ketones (excluding diaryl/α,β-unsaturated/α-hetero) is 1. The third-order valence-corrected chi connectivity index (χ3v) is 2.94. The molecule has 0 spiro atoms. The first-order valence-corrected chi connectivity index (χ1v) is 5.74. The molecule has 3 nitrogen and oxygen atoms in total. The molecule has 2 rings (SSSR count). The second-order valence-corrected chi connectivity index (χ2v) is 4.16. The molecule has 0 radical (unpaired) electrons. The molecule has 90 valence electrons. The number of hydrogen-bond acceptors (Lipinski definition) is 2. The molecule has 1 aliphatic rings. The van der Waals surface area contributed by atoms with Crippen molar-refractivity contribution in [2.24, 2.45) is 0 Å². The highest BCUT2D eigenvalue weighted by atomic mass is 19.1. The Hall–Kier alpha value is -1.71. The van der Waals surface area contributed by atoms with E-state index < -0.39 is 5.82 Å². The lowest BCUT2D eigenvalue weighted by molar-refractivity contribution is -0.118. The van der Waals surface area contributed by atoms with Crippen LogP contribution in [0.5, 0.6) is 0 Å². The van der Waals surface area contributed by atoms with Crippen LogP contribution in [0, 0.1) is 5.82 Å². The summed E-state index contributed by atoms with van der Waals surface area (Å²) in [6.07, 6.45) is 1.56. The number of ketones is 1. The van der Waals surface area contributed by atoms with Crippen LogP contribution in [0.2, 0.25) is 0 Å². The molecular formula is C13H14FNO2. The summed E-state index contributed by atoms with van der Waals surface area (Å²) in [5.41, 5.74) is 0.0850. The molecule has 0 aliphatic carbocycles. The van der Waals surface area contributed by atoms with Crippen molar-refractivity contribution >= 4 is 11.7 Å². The lowest BCUT2D eigenvalue weighted by Crippen LogP contribution is -2.32. The van der Waals surface area contributed by atoms with Crippen LogP contribution in [-0.2, 0) is 4.79 Å². The highest BCUT2D eigenvalue weighted by molar-refractivity contribution is 5.95. The summed E-state index contributed by atoms with van der Waals surface area (Å²) in [4.78, 5) is 24.9. The molecule has 0 atom stereocenters. The Balaban J connectivity index is 2.14. The molecule has 0 N–H and O–H groups in total. The number of likely N-dealkylation sites (tertiary alicyclic amines) is 1. The first kappa shape index (κ1) is 11.8. The minimum Gasteiger partial charge on any atom is -0.338 e. The Labute approximate surface area is 99.2 Å². The topological polar surface area (TPSA) is 37.4 Å². The molecule has 1 amide bonds. The third kappa shape index (κ3) is 2.70. The van der Waals surface area contributed by atoms with E-state index in [1.165, 1.54) is 12.1 Å². The van der Waals surface area contributed by atoms with Gasteiger partial charge in [-0.1, -0.05) is 12.1 Å². The molecule has 1 aromatic carbocycles. The molecule has 0 unspecified atom stereocenters. The van der Waals surface area contributed by atoms with E-state index >= 15 is 0 Å². The SMILES string of the molecule is O=C1CCCN(C(=O)c2ccccc2F)CC1. The monoisotopic (exact) mass is 235 g/mol. The minimum absolute atomic E-state index is 0.0850. The molecule has 1 saturated heterocycles. The third-order valence-electron chi connectivity index (χ3n) is 2.94. The molecule has 0 bridgehead atoms. The van der Waals surface area contributed by atoms with Gasteiger partial charge in [0.15, 0.2) is 0 Å². The number of carbonyl (C=O) groups is 2. The van der Waals surface area contributed by atoms with E-state index in [2.05, 4.69) is 0 Å². The van der Waals surface area contributed by atoms with Crippen molar-refractivity contribution < 1.29 is 14.0 Å². The van der Waals surface area contributed by atoms with Crippen molar-refractivity contribution in [3.63, 3.8) is 0 Å². The van der Waals surface area contributed by atoms with Gasteiger partial charge in [-0.05, 0) is 18.6 Å². The van der Waals surface area contributed by atoms with Crippen LogP contribution >= 0.6 is 0 Å². The summed E-state index contributed by atoms with van der Waals surface area (Å²) < 4.78 is 13.5. The lowest BCUT2D eigenvalue weighted by atomic mass is 10.2. The van der Waals surface area contributed by atoms with E-state index in [4.69, 9.17) is 0 Å². The van der Waals surface area contributed by atoms with Crippen LogP contribution in [-0.4, -0.2) is 29.7 Å². The molecule has 1 aliphatic heterocycles. The van der Waals surface area contributed by atoms with Gasteiger partial charge in [-0.25, -0.2) is 4.39 Å². The van der Waals surface area contributed by atoms with Gasteiger partial charge in [-0.3, -0.25) is 9.59 Å². The van der Waals surface area contributed by atoms with Crippen LogP contribution in [0.1, 0.15) is 29.6 Å². The van der Waals surface area contributed by atoms with E-state index in [0.29, 0.717) is 32.4 Å². The number of amides is 1. The zero-order valence-corrected chi connectivity index (χ0v) is 9.49. The van der Waals surface area contributed by atoms with E-state index in [-0.39, 0.29) is 17.3 Å². The molecule has 0 aromatic heterocycles. The Bertz CT molecular complexity index is 445. The fourth-order valence-electron chi connectivity index (χ4n) is 1.97. The van der Waals surface area contributed by atoms with Gasteiger partial charge < -0.3 is 4.90 Å². The van der Waals surface area contributed by atoms with Gasteiger partial charge in [0, 0.05) is 25.9 Å². The van der Waals surface area contributed by atoms with E-state index in [1.54, 1.807) is 17.0 Å². The first-order valence-electron chi connectivity index (χ1n) is 5.74. The highest BCUT2D eigenvalue weighted by Gasteiger charge is 2.21. The van der Waals surface area contributed by atoms with Crippen LogP contribution in [0.25, 0.3) is 0 Å². The average Bonchev–Trinajstić information content (AvgIpc) is 2.54. The van der Waals surface area contributed by atoms with E-state index in [9.17, 15) is 14.0 Å². The normalized spacial score (nSPS) is 16.8. The Morgan fingerprint density at radius 2 is 1.94 bits per heavy atom. The fraction of sp³-hybridized carbons (Fsp3) is 0.385. The molecule has 1 fully saturated rings. The number of nitrogens with zero attached hydrogens (tertiary/aromatic N) is 1. The summed E-state index contributed by atoms with van der Waals surface area (Å²) in [7, 11) is 0. The largest absolute Gasteiger partial charge is 0.338 e. The van der Waals surface area contributed by atoms with Crippen LogP contribution < -0.4 is 0 Å². The molecular weight excluding hydrogens is 221 g/mol. The van der Waals surface area contributed by atoms with Gasteiger partial charge in [0.05, 0.1) is 5.56 Å². The zero-order chi connectivity index (χ0) is 12.3. The van der Waals surface area contributed by atoms with Gasteiger partial charge in [0.1, 0.15) is 11.6 Å². The minimum atomic E-state index is -0.506. The smallest absolute Gasteiger partial charge is 0.256 e. The zero-order valence-electron chi connectivity index (χ0n) is 9.49. The number of carbonyl (C=O) groups excluding carboxylic acids is 2. The lowest BCUT2D eigenvalue weighted by Gasteiger charge is -2.20. The maximum atomic E-state index is 13.5. The van der Waals surface area contributed by atoms with Gasteiger partial charge in [0.25, 0.3) is 5.91 Å². The second kappa shape index (κ2) is 5.08. The fourth-order valence-corrected chi connectivity index (χ4v) is 1.97. The van der Waals surface area contributed by atoms with Crippen molar-refractivity contribution in [3.05, 3.63) is 35.6 Å². The maximum absolute atomic E-state index is 13.5. The number of halogens is 1.